The highest BCUT2D eigenvalue weighted by Crippen LogP contribution is 2.37. The largest absolute Gasteiger partial charge is 0.445 e. The first-order chi connectivity index (χ1) is 46.3. The molecule has 3 fully saturated rings. The number of ether oxygens (including phenoxy) is 10. The number of nitrogens with one attached hydrogen (secondary N) is 5. The Kier molecular flexibility index (Phi) is 26.9. The van der Waals surface area contributed by atoms with Crippen LogP contribution in [0.5, 0.6) is 0 Å². The second-order valence-corrected chi connectivity index (χ2v) is 23.0. The number of alkyl carbamates (subject to hydrolysis) is 4. The predicted molar refractivity (Wildman–Crippen MR) is 340 cm³/mol. The number of amides is 5. The van der Waals surface area contributed by atoms with E-state index in [1.165, 1.54) is 0 Å². The third-order valence-electron chi connectivity index (χ3n) is 16.2. The van der Waals surface area contributed by atoms with Crippen molar-refractivity contribution in [2.24, 2.45) is 11.0 Å². The van der Waals surface area contributed by atoms with Crippen LogP contribution in [-0.2, 0) is 91.8 Å². The van der Waals surface area contributed by atoms with Crippen molar-refractivity contribution in [3.05, 3.63) is 226 Å². The molecule has 0 spiro atoms. The molecule has 95 heavy (non-hydrogen) atoms. The predicted octanol–water partition coefficient (Wildman–Crippen LogP) is 7.52. The van der Waals surface area contributed by atoms with E-state index >= 15 is 4.79 Å². The summed E-state index contributed by atoms with van der Waals surface area (Å²) in [4.78, 5) is 72.6. The van der Waals surface area contributed by atoms with Crippen LogP contribution in [0.3, 0.4) is 0 Å². The summed E-state index contributed by atoms with van der Waals surface area (Å²) in [5, 5.41) is 54.0. The van der Waals surface area contributed by atoms with Crippen molar-refractivity contribution in [2.45, 2.75) is 151 Å². The van der Waals surface area contributed by atoms with Crippen molar-refractivity contribution >= 4 is 30.3 Å². The molecule has 6 aromatic carbocycles. The lowest BCUT2D eigenvalue weighted by molar-refractivity contribution is -0.328. The Morgan fingerprint density at radius 1 is 0.516 bits per heavy atom. The van der Waals surface area contributed by atoms with Gasteiger partial charge in [0.1, 0.15) is 63.1 Å². The Morgan fingerprint density at radius 2 is 0.937 bits per heavy atom. The second kappa shape index (κ2) is 36.5. The Morgan fingerprint density at radius 3 is 1.41 bits per heavy atom. The van der Waals surface area contributed by atoms with Crippen molar-refractivity contribution in [1.29, 1.82) is 0 Å². The van der Waals surface area contributed by atoms with Crippen LogP contribution < -0.4 is 26.6 Å². The molecule has 2 saturated heterocycles. The Balaban J connectivity index is 1.10. The molecular weight excluding hydrogens is 1230 g/mol. The molecule has 2 heterocycles. The fourth-order valence-electron chi connectivity index (χ4n) is 11.1. The summed E-state index contributed by atoms with van der Waals surface area (Å²) in [6.07, 6.45) is -18.9. The number of carbonyl (C=O) groups excluding carboxylic acids is 5. The maximum absolute atomic E-state index is 15.0. The molecule has 8 N–H and O–H groups in total. The van der Waals surface area contributed by atoms with Gasteiger partial charge in [0.15, 0.2) is 12.6 Å². The van der Waals surface area contributed by atoms with Gasteiger partial charge in [-0.2, -0.15) is 0 Å². The van der Waals surface area contributed by atoms with Crippen LogP contribution in [0.4, 0.5) is 19.2 Å². The zero-order valence-electron chi connectivity index (χ0n) is 52.3. The number of carbonyl (C=O) groups is 5. The van der Waals surface area contributed by atoms with Gasteiger partial charge in [-0.1, -0.05) is 194 Å². The fraction of sp³-hybridized carbons (Fsp3) is 0.406. The number of benzene rings is 6. The Bertz CT molecular complexity index is 3370. The molecule has 9 rings (SSSR count). The molecule has 1 saturated carbocycles. The molecule has 26 nitrogen and oxygen atoms in total. The zero-order chi connectivity index (χ0) is 66.7. The smallest absolute Gasteiger partial charge is 0.407 e. The molecule has 6 unspecified atom stereocenters. The number of aliphatic hydroxyl groups is 3. The van der Waals surface area contributed by atoms with E-state index in [1.54, 1.807) is 146 Å². The summed E-state index contributed by atoms with van der Waals surface area (Å²) < 4.78 is 62.7. The molecule has 6 aromatic rings. The van der Waals surface area contributed by atoms with Crippen molar-refractivity contribution < 1.29 is 86.7 Å². The van der Waals surface area contributed by atoms with Crippen LogP contribution in [0, 0.1) is 5.92 Å². The van der Waals surface area contributed by atoms with E-state index in [2.05, 4.69) is 36.6 Å². The van der Waals surface area contributed by atoms with E-state index < -0.39 is 128 Å². The lowest BCUT2D eigenvalue weighted by Crippen LogP contribution is -2.75. The van der Waals surface area contributed by atoms with Crippen molar-refractivity contribution in [3.63, 3.8) is 0 Å². The third kappa shape index (κ3) is 21.2. The third-order valence-corrected chi connectivity index (χ3v) is 16.2. The minimum absolute atomic E-state index is 0.00218. The van der Waals surface area contributed by atoms with E-state index in [9.17, 15) is 40.0 Å². The summed E-state index contributed by atoms with van der Waals surface area (Å²) >= 11 is 0. The number of rotatable bonds is 29. The Labute approximate surface area is 549 Å². The van der Waals surface area contributed by atoms with Gasteiger partial charge in [-0.3, -0.25) is 4.79 Å². The number of azide groups is 1. The molecule has 2 aliphatic heterocycles. The standard InChI is InChI=1S/C69H80N8O18/c1-44(34-35-71-66(82)88-40-47-24-12-4-13-25-47)63(81)74-55-59(86-38-45-20-8-2-9-21-45)56(75-69(85)91-43-50-30-18-7-19-31-50)61(58(80)60(55)95-65-62(87-39-46-22-10-3-11-23-46)54(76-77-70)57(79)53(37-78)93-65)94-64-52(73-68(84)90-42-49-28-16-6-17-29-49)33-32-51(92-64)36-72-67(83)89-41-48-26-14-5-15-27-48/h2-31,44,51-62,64-65,78-80H,32-43H2,1H3,(H,71,82)(H,72,83)(H,73,84)(H,74,81)(H,75,85)/t44-,51-,52?,53?,54-,55+,56-,57-,58?,59?,60+,61?,62?,64-,65-/m0/s1. The maximum atomic E-state index is 15.0. The molecule has 0 aromatic heterocycles. The number of hydrogen-bond donors (Lipinski definition) is 8. The average molecular weight is 1310 g/mol. The molecule has 1 aliphatic carbocycles. The van der Waals surface area contributed by atoms with Crippen LogP contribution >= 0.6 is 0 Å². The molecule has 26 heteroatoms. The zero-order valence-corrected chi connectivity index (χ0v) is 52.3. The number of aliphatic hydroxyl groups excluding tert-OH is 3. The minimum Gasteiger partial charge on any atom is -0.445 e. The van der Waals surface area contributed by atoms with E-state index in [0.717, 1.165) is 11.1 Å². The van der Waals surface area contributed by atoms with Crippen LogP contribution in [0.15, 0.2) is 187 Å². The Hall–Kier alpha value is -9.18. The first kappa shape index (κ1) is 70.1. The van der Waals surface area contributed by atoms with Gasteiger partial charge in [0.2, 0.25) is 5.91 Å². The van der Waals surface area contributed by atoms with Gasteiger partial charge in [0, 0.05) is 23.9 Å². The molecule has 504 valence electrons. The summed E-state index contributed by atoms with van der Waals surface area (Å²) in [5.41, 5.74) is 14.1. The summed E-state index contributed by atoms with van der Waals surface area (Å²) in [6.45, 7) is -0.102. The lowest BCUT2D eigenvalue weighted by Gasteiger charge is -2.52. The minimum atomic E-state index is -2.04. The van der Waals surface area contributed by atoms with Crippen LogP contribution in [0.2, 0.25) is 0 Å². The normalized spacial score (nSPS) is 25.0. The van der Waals surface area contributed by atoms with Crippen molar-refractivity contribution in [2.75, 3.05) is 19.7 Å². The molecule has 0 bridgehead atoms. The van der Waals surface area contributed by atoms with Gasteiger partial charge in [0.25, 0.3) is 0 Å². The lowest BCUT2D eigenvalue weighted by atomic mass is 9.80. The first-order valence-electron chi connectivity index (χ1n) is 31.4. The molecule has 5 amide bonds. The summed E-state index contributed by atoms with van der Waals surface area (Å²) in [5.74, 6) is -1.56. The van der Waals surface area contributed by atoms with E-state index in [0.29, 0.717) is 22.3 Å². The van der Waals surface area contributed by atoms with Gasteiger partial charge in [-0.15, -0.1) is 0 Å². The average Bonchev–Trinajstić information content (AvgIpc) is 0.757. The van der Waals surface area contributed by atoms with Gasteiger partial charge in [0.05, 0.1) is 56.2 Å². The van der Waals surface area contributed by atoms with Crippen LogP contribution in [-0.4, -0.2) is 151 Å². The van der Waals surface area contributed by atoms with E-state index in [-0.39, 0.29) is 72.0 Å². The first-order valence-corrected chi connectivity index (χ1v) is 31.4. The van der Waals surface area contributed by atoms with E-state index in [4.69, 9.17) is 47.4 Å². The molecule has 15 atom stereocenters. The van der Waals surface area contributed by atoms with Crippen LogP contribution in [0.1, 0.15) is 59.6 Å². The summed E-state index contributed by atoms with van der Waals surface area (Å²) in [6, 6.07) is 48.0. The van der Waals surface area contributed by atoms with Crippen LogP contribution in [0.25, 0.3) is 10.4 Å². The highest BCUT2D eigenvalue weighted by molar-refractivity contribution is 5.79. The fourth-order valence-corrected chi connectivity index (χ4v) is 11.1. The molecule has 0 radical (unpaired) electrons. The van der Waals surface area contributed by atoms with E-state index in [1.807, 2.05) is 42.5 Å². The number of hydrogen-bond acceptors (Lipinski definition) is 19. The maximum Gasteiger partial charge on any atom is 0.407 e. The van der Waals surface area contributed by atoms with Gasteiger partial charge in [-0.05, 0) is 58.2 Å². The van der Waals surface area contributed by atoms with Gasteiger partial charge < -0.3 is 89.3 Å². The highest BCUT2D eigenvalue weighted by atomic mass is 16.7. The molecular formula is C69H80N8O18. The number of nitrogens with zero attached hydrogens (tertiary/aromatic N) is 3. The SMILES string of the molecule is C[C@@H](CCNC(=O)OCc1ccccc1)C(=O)N[C@@H]1C(OCc2ccccc2)[C@H](NC(=O)OCc2ccccc2)C(O[C@@H]2O[C@H](CNC(=O)OCc3ccccc3)CCC2NC(=O)OCc2ccccc2)C(O)[C@@H]1O[C@@H]1OC(CO)[C@H](O)[C@H](N=[N+]=[N-])C1OCc1ccccc1. The van der Waals surface area contributed by atoms with Gasteiger partial charge in [-0.25, -0.2) is 19.2 Å². The van der Waals surface area contributed by atoms with Crippen molar-refractivity contribution in [1.82, 2.24) is 26.6 Å². The monoisotopic (exact) mass is 1310 g/mol. The summed E-state index contributed by atoms with van der Waals surface area (Å²) in [7, 11) is 0. The highest BCUT2D eigenvalue weighted by Gasteiger charge is 2.58. The van der Waals surface area contributed by atoms with Crippen molar-refractivity contribution in [3.8, 4) is 0 Å². The second-order valence-electron chi connectivity index (χ2n) is 23.0. The molecule has 3 aliphatic rings. The van der Waals surface area contributed by atoms with Gasteiger partial charge >= 0.3 is 24.4 Å². The quantitative estimate of drug-likeness (QED) is 0.00974. The topological polar surface area (TPSA) is 347 Å².